The number of methoxy groups -OCH3 is 1. The maximum absolute atomic E-state index is 13.5. The van der Waals surface area contributed by atoms with Crippen molar-refractivity contribution in [3.8, 4) is 17.2 Å². The van der Waals surface area contributed by atoms with Crippen molar-refractivity contribution >= 4 is 15.7 Å². The lowest BCUT2D eigenvalue weighted by Crippen LogP contribution is -2.13. The van der Waals surface area contributed by atoms with Gasteiger partial charge in [-0.25, -0.2) is 12.8 Å². The van der Waals surface area contributed by atoms with Gasteiger partial charge in [0.25, 0.3) is 10.0 Å². The van der Waals surface area contributed by atoms with Crippen molar-refractivity contribution in [3.05, 3.63) is 78.6 Å². The van der Waals surface area contributed by atoms with Crippen LogP contribution < -0.4 is 14.2 Å². The van der Waals surface area contributed by atoms with Gasteiger partial charge in [0.1, 0.15) is 5.75 Å². The third-order valence-electron chi connectivity index (χ3n) is 3.54. The molecule has 0 spiro atoms. The van der Waals surface area contributed by atoms with Crippen LogP contribution in [0.2, 0.25) is 0 Å². The van der Waals surface area contributed by atoms with Gasteiger partial charge in [-0.3, -0.25) is 4.72 Å². The first-order valence-corrected chi connectivity index (χ1v) is 9.16. The van der Waals surface area contributed by atoms with E-state index >= 15 is 0 Å². The summed E-state index contributed by atoms with van der Waals surface area (Å²) < 4.78 is 51.9. The van der Waals surface area contributed by atoms with Gasteiger partial charge in [-0.1, -0.05) is 30.3 Å². The maximum Gasteiger partial charge on any atom is 0.262 e. The van der Waals surface area contributed by atoms with Gasteiger partial charge in [-0.2, -0.15) is 0 Å². The molecule has 1 N–H and O–H groups in total. The number of sulfonamides is 1. The van der Waals surface area contributed by atoms with Gasteiger partial charge >= 0.3 is 0 Å². The number of ether oxygens (including phenoxy) is 2. The van der Waals surface area contributed by atoms with Crippen molar-refractivity contribution in [1.29, 1.82) is 0 Å². The van der Waals surface area contributed by atoms with Crippen molar-refractivity contribution in [3.63, 3.8) is 0 Å². The van der Waals surface area contributed by atoms with Crippen LogP contribution in [-0.4, -0.2) is 15.5 Å². The zero-order chi connectivity index (χ0) is 18.6. The van der Waals surface area contributed by atoms with Crippen LogP contribution >= 0.6 is 0 Å². The number of anilines is 1. The van der Waals surface area contributed by atoms with E-state index in [1.54, 1.807) is 36.4 Å². The molecule has 0 radical (unpaired) electrons. The van der Waals surface area contributed by atoms with Crippen LogP contribution in [0.1, 0.15) is 0 Å². The minimum Gasteiger partial charge on any atom is -0.494 e. The second kappa shape index (κ2) is 7.45. The Hall–Kier alpha value is -3.06. The minimum atomic E-state index is -3.95. The molecule has 0 fully saturated rings. The van der Waals surface area contributed by atoms with Crippen molar-refractivity contribution in [2.24, 2.45) is 0 Å². The summed E-state index contributed by atoms with van der Waals surface area (Å²) in [5, 5.41) is 0. The Labute approximate surface area is 151 Å². The average molecular weight is 373 g/mol. The Kier molecular flexibility index (Phi) is 5.09. The van der Waals surface area contributed by atoms with Crippen LogP contribution in [0.5, 0.6) is 17.2 Å². The molecule has 0 amide bonds. The minimum absolute atomic E-state index is 0.120. The summed E-state index contributed by atoms with van der Waals surface area (Å²) in [5.41, 5.74) is 0.264. The summed E-state index contributed by atoms with van der Waals surface area (Å²) >= 11 is 0. The first kappa shape index (κ1) is 17.8. The molecule has 0 unspecified atom stereocenters. The number of hydrogen-bond donors (Lipinski definition) is 1. The van der Waals surface area contributed by atoms with Crippen LogP contribution in [0, 0.1) is 5.82 Å². The molecule has 3 aromatic rings. The maximum atomic E-state index is 13.5. The highest BCUT2D eigenvalue weighted by Crippen LogP contribution is 2.31. The molecule has 3 rings (SSSR count). The quantitative estimate of drug-likeness (QED) is 0.694. The van der Waals surface area contributed by atoms with Crippen LogP contribution in [0.25, 0.3) is 0 Å². The third kappa shape index (κ3) is 3.94. The molecular formula is C19H16FNO4S. The molecule has 7 heteroatoms. The van der Waals surface area contributed by atoms with E-state index in [4.69, 9.17) is 9.47 Å². The molecule has 5 nitrogen and oxygen atoms in total. The number of nitrogens with one attached hydrogen (secondary N) is 1. The highest BCUT2D eigenvalue weighted by atomic mass is 32.2. The molecule has 0 aromatic heterocycles. The van der Waals surface area contributed by atoms with Crippen molar-refractivity contribution < 1.29 is 22.3 Å². The van der Waals surface area contributed by atoms with Gasteiger partial charge in [0.2, 0.25) is 0 Å². The summed E-state index contributed by atoms with van der Waals surface area (Å²) in [6, 6.07) is 19.0. The number of benzene rings is 3. The highest BCUT2D eigenvalue weighted by Gasteiger charge is 2.19. The molecule has 0 saturated carbocycles. The zero-order valence-corrected chi connectivity index (χ0v) is 14.7. The Morgan fingerprint density at radius 2 is 1.58 bits per heavy atom. The fourth-order valence-electron chi connectivity index (χ4n) is 2.27. The topological polar surface area (TPSA) is 64.6 Å². The highest BCUT2D eigenvalue weighted by molar-refractivity contribution is 7.92. The predicted molar refractivity (Wildman–Crippen MR) is 96.7 cm³/mol. The standard InChI is InChI=1S/C19H16FNO4S/c1-24-19-13-15(11-12-16(19)20)26(22,23)21-17-9-5-6-10-18(17)25-14-7-3-2-4-8-14/h2-13,21H,1H3. The first-order valence-electron chi connectivity index (χ1n) is 7.68. The number of hydrogen-bond acceptors (Lipinski definition) is 4. The summed E-state index contributed by atoms with van der Waals surface area (Å²) in [5.74, 6) is 0.125. The molecule has 0 atom stereocenters. The summed E-state index contributed by atoms with van der Waals surface area (Å²) in [7, 11) is -2.69. The molecule has 0 bridgehead atoms. The molecule has 0 saturated heterocycles. The van der Waals surface area contributed by atoms with Crippen molar-refractivity contribution in [2.45, 2.75) is 4.90 Å². The van der Waals surface area contributed by atoms with E-state index in [-0.39, 0.29) is 16.3 Å². The Morgan fingerprint density at radius 3 is 2.31 bits per heavy atom. The molecule has 26 heavy (non-hydrogen) atoms. The van der Waals surface area contributed by atoms with E-state index in [1.165, 1.54) is 13.2 Å². The Bertz CT molecular complexity index is 1010. The number of rotatable bonds is 6. The lowest BCUT2D eigenvalue weighted by atomic mass is 10.3. The van der Waals surface area contributed by atoms with E-state index in [0.29, 0.717) is 11.5 Å². The molecule has 3 aromatic carbocycles. The van der Waals surface area contributed by atoms with Gasteiger partial charge in [-0.05, 0) is 36.4 Å². The van der Waals surface area contributed by atoms with Gasteiger partial charge in [-0.15, -0.1) is 0 Å². The zero-order valence-electron chi connectivity index (χ0n) is 13.8. The smallest absolute Gasteiger partial charge is 0.262 e. The normalized spacial score (nSPS) is 11.0. The largest absolute Gasteiger partial charge is 0.494 e. The second-order valence-electron chi connectivity index (χ2n) is 5.31. The van der Waals surface area contributed by atoms with E-state index < -0.39 is 15.8 Å². The van der Waals surface area contributed by atoms with Crippen molar-refractivity contribution in [1.82, 2.24) is 0 Å². The Balaban J connectivity index is 1.91. The summed E-state index contributed by atoms with van der Waals surface area (Å²) in [4.78, 5) is -0.120. The summed E-state index contributed by atoms with van der Waals surface area (Å²) in [6.45, 7) is 0. The molecule has 0 aliphatic rings. The molecule has 0 aliphatic carbocycles. The fraction of sp³-hybridized carbons (Fsp3) is 0.0526. The number of halogens is 1. The van der Waals surface area contributed by atoms with Gasteiger partial charge in [0.05, 0.1) is 17.7 Å². The summed E-state index contributed by atoms with van der Waals surface area (Å²) in [6.07, 6.45) is 0. The van der Waals surface area contributed by atoms with E-state index in [1.807, 2.05) is 18.2 Å². The second-order valence-corrected chi connectivity index (χ2v) is 7.00. The lowest BCUT2D eigenvalue weighted by molar-refractivity contribution is 0.385. The first-order chi connectivity index (χ1) is 12.5. The van der Waals surface area contributed by atoms with Crippen LogP contribution in [0.3, 0.4) is 0 Å². The average Bonchev–Trinajstić information content (AvgIpc) is 2.64. The van der Waals surface area contributed by atoms with Gasteiger partial charge in [0, 0.05) is 6.07 Å². The Morgan fingerprint density at radius 1 is 0.885 bits per heavy atom. The SMILES string of the molecule is COc1cc(S(=O)(=O)Nc2ccccc2Oc2ccccc2)ccc1F. The predicted octanol–water partition coefficient (Wildman–Crippen LogP) is 4.43. The lowest BCUT2D eigenvalue weighted by Gasteiger charge is -2.14. The van der Waals surface area contributed by atoms with E-state index in [0.717, 1.165) is 12.1 Å². The van der Waals surface area contributed by atoms with Gasteiger partial charge < -0.3 is 9.47 Å². The third-order valence-corrected chi connectivity index (χ3v) is 4.90. The molecule has 134 valence electrons. The molecule has 0 aliphatic heterocycles. The van der Waals surface area contributed by atoms with Crippen LogP contribution in [0.4, 0.5) is 10.1 Å². The van der Waals surface area contributed by atoms with Gasteiger partial charge in [0.15, 0.2) is 17.3 Å². The molecule has 0 heterocycles. The van der Waals surface area contributed by atoms with E-state index in [2.05, 4.69) is 4.72 Å². The molecular weight excluding hydrogens is 357 g/mol. The van der Waals surface area contributed by atoms with Crippen molar-refractivity contribution in [2.75, 3.05) is 11.8 Å². The van der Waals surface area contributed by atoms with E-state index in [9.17, 15) is 12.8 Å². The van der Waals surface area contributed by atoms with Crippen LogP contribution in [0.15, 0.2) is 77.7 Å². The number of para-hydroxylation sites is 3. The fourth-order valence-corrected chi connectivity index (χ4v) is 3.35. The monoisotopic (exact) mass is 373 g/mol. The van der Waals surface area contributed by atoms with Crippen LogP contribution in [-0.2, 0) is 10.0 Å².